The number of nitrogens with one attached hydrogen (secondary N) is 2. The number of sulfonamides is 2. The first-order valence-electron chi connectivity index (χ1n) is 12.4. The summed E-state index contributed by atoms with van der Waals surface area (Å²) < 4.78 is 65.4. The third-order valence-electron chi connectivity index (χ3n) is 7.01. The summed E-state index contributed by atoms with van der Waals surface area (Å²) in [6.07, 6.45) is 0.913. The van der Waals surface area contributed by atoms with E-state index in [0.29, 0.717) is 44.7 Å². The van der Waals surface area contributed by atoms with Crippen LogP contribution >= 0.6 is 11.6 Å². The third kappa shape index (κ3) is 6.90. The number of hydrogen-bond acceptors (Lipinski definition) is 9. The Labute approximate surface area is 233 Å². The van der Waals surface area contributed by atoms with Crippen LogP contribution in [0.3, 0.4) is 0 Å². The fraction of sp³-hybridized carbons (Fsp3) is 0.480. The van der Waals surface area contributed by atoms with E-state index in [1.54, 1.807) is 12.1 Å². The zero-order chi connectivity index (χ0) is 28.3. The fourth-order valence-electron chi connectivity index (χ4n) is 4.76. The molecular formula is C25H31ClN4O7S2. The smallest absolute Gasteiger partial charge is 0.243 e. The molecule has 0 aliphatic carbocycles. The quantitative estimate of drug-likeness (QED) is 0.368. The van der Waals surface area contributed by atoms with E-state index in [1.165, 1.54) is 41.7 Å². The Balaban J connectivity index is 1.24. The minimum absolute atomic E-state index is 0.00996. The summed E-state index contributed by atoms with van der Waals surface area (Å²) >= 11 is 6.04. The van der Waals surface area contributed by atoms with Crippen molar-refractivity contribution in [3.8, 4) is 11.8 Å². The summed E-state index contributed by atoms with van der Waals surface area (Å²) in [5.41, 5.74) is -0.218. The second-order valence-corrected chi connectivity index (χ2v) is 13.8. The Morgan fingerprint density at radius 1 is 1.21 bits per heavy atom. The molecule has 11 nitrogen and oxygen atoms in total. The average molecular weight is 599 g/mol. The van der Waals surface area contributed by atoms with E-state index >= 15 is 0 Å². The zero-order valence-electron chi connectivity index (χ0n) is 21.3. The maximum atomic E-state index is 13.1. The molecule has 212 valence electrons. The molecule has 14 heteroatoms. The van der Waals surface area contributed by atoms with Crippen LogP contribution in [0.5, 0.6) is 5.75 Å². The molecule has 2 aliphatic rings. The molecule has 2 saturated heterocycles. The number of aliphatic hydroxyl groups is 1. The summed E-state index contributed by atoms with van der Waals surface area (Å²) in [6, 6.07) is 12.0. The molecule has 2 unspecified atom stereocenters. The van der Waals surface area contributed by atoms with Crippen LogP contribution < -0.4 is 14.8 Å². The molecule has 0 aromatic heterocycles. The van der Waals surface area contributed by atoms with Gasteiger partial charge < -0.3 is 19.9 Å². The Bertz CT molecular complexity index is 1440. The number of aliphatic hydroxyl groups excluding tert-OH is 1. The van der Waals surface area contributed by atoms with E-state index in [-0.39, 0.29) is 39.6 Å². The standard InChI is InChI=1S/C25H31ClN4O7S2/c1-28-38(32,33)22-4-2-3-21(11-22)36-17-20(31)15-29-19-13-25(37-16-19)7-9-30(10-8-25)39(34,35)23-6-5-18(14-27)24(26)12-23/h2-6,11-12,19-20,28-29,31H,7-10,13,15-17H2,1H3. The van der Waals surface area contributed by atoms with Crippen molar-refractivity contribution in [1.29, 1.82) is 5.26 Å². The second-order valence-electron chi connectivity index (χ2n) is 9.61. The first-order chi connectivity index (χ1) is 18.5. The highest BCUT2D eigenvalue weighted by Gasteiger charge is 2.44. The highest BCUT2D eigenvalue weighted by molar-refractivity contribution is 7.89. The van der Waals surface area contributed by atoms with Gasteiger partial charge in [-0.1, -0.05) is 17.7 Å². The Kier molecular flexibility index (Phi) is 9.19. The van der Waals surface area contributed by atoms with Crippen LogP contribution in [-0.2, 0) is 24.8 Å². The number of benzene rings is 2. The number of ether oxygens (including phenoxy) is 2. The largest absolute Gasteiger partial charge is 0.491 e. The second kappa shape index (κ2) is 12.1. The highest BCUT2D eigenvalue weighted by Crippen LogP contribution is 2.37. The first-order valence-corrected chi connectivity index (χ1v) is 15.7. The van der Waals surface area contributed by atoms with Crippen LogP contribution in [0, 0.1) is 11.3 Å². The van der Waals surface area contributed by atoms with Gasteiger partial charge in [-0.15, -0.1) is 0 Å². The van der Waals surface area contributed by atoms with Crippen LogP contribution in [0.4, 0.5) is 0 Å². The fourth-order valence-corrected chi connectivity index (χ4v) is 7.28. The minimum atomic E-state index is -3.75. The number of hydrogen-bond donors (Lipinski definition) is 3. The third-order valence-corrected chi connectivity index (χ3v) is 10.6. The monoisotopic (exact) mass is 598 g/mol. The number of nitriles is 1. The molecular weight excluding hydrogens is 568 g/mol. The molecule has 1 spiro atoms. The molecule has 2 aromatic rings. The van der Waals surface area contributed by atoms with Crippen molar-refractivity contribution in [2.45, 2.75) is 46.8 Å². The Hall–Kier alpha value is -2.28. The molecule has 2 aromatic carbocycles. The molecule has 4 rings (SSSR count). The minimum Gasteiger partial charge on any atom is -0.491 e. The summed E-state index contributed by atoms with van der Waals surface area (Å²) in [5.74, 6) is 0.332. The predicted molar refractivity (Wildman–Crippen MR) is 143 cm³/mol. The van der Waals surface area contributed by atoms with Crippen LogP contribution in [0.2, 0.25) is 5.02 Å². The van der Waals surface area contributed by atoms with E-state index < -0.39 is 31.8 Å². The van der Waals surface area contributed by atoms with Gasteiger partial charge in [-0.25, -0.2) is 21.6 Å². The summed E-state index contributed by atoms with van der Waals surface area (Å²) in [4.78, 5) is 0.129. The Morgan fingerprint density at radius 2 is 1.95 bits per heavy atom. The maximum absolute atomic E-state index is 13.1. The topological polar surface area (TPSA) is 158 Å². The molecule has 3 N–H and O–H groups in total. The van der Waals surface area contributed by atoms with E-state index in [0.717, 1.165) is 0 Å². The first kappa shape index (κ1) is 29.7. The van der Waals surface area contributed by atoms with E-state index in [9.17, 15) is 21.9 Å². The van der Waals surface area contributed by atoms with Crippen molar-refractivity contribution in [2.75, 3.05) is 39.9 Å². The maximum Gasteiger partial charge on any atom is 0.243 e. The normalized spacial score (nSPS) is 20.5. The lowest BCUT2D eigenvalue weighted by molar-refractivity contribution is -0.0312. The Morgan fingerprint density at radius 3 is 2.62 bits per heavy atom. The number of halogens is 1. The summed E-state index contributed by atoms with van der Waals surface area (Å²) in [7, 11) is -6.02. The van der Waals surface area contributed by atoms with Crippen LogP contribution in [0.15, 0.2) is 52.3 Å². The summed E-state index contributed by atoms with van der Waals surface area (Å²) in [6.45, 7) is 1.26. The number of piperidine rings is 1. The lowest BCUT2D eigenvalue weighted by Gasteiger charge is -2.38. The van der Waals surface area contributed by atoms with Gasteiger partial charge in [0.25, 0.3) is 0 Å². The van der Waals surface area contributed by atoms with Gasteiger partial charge >= 0.3 is 0 Å². The number of nitrogens with zero attached hydrogens (tertiary/aromatic N) is 2. The van der Waals surface area contributed by atoms with Gasteiger partial charge in [-0.2, -0.15) is 9.57 Å². The molecule has 2 heterocycles. The van der Waals surface area contributed by atoms with Gasteiger partial charge in [0.2, 0.25) is 20.0 Å². The van der Waals surface area contributed by atoms with Gasteiger partial charge in [0.1, 0.15) is 24.5 Å². The van der Waals surface area contributed by atoms with Crippen LogP contribution in [-0.4, -0.2) is 83.9 Å². The van der Waals surface area contributed by atoms with Crippen molar-refractivity contribution in [1.82, 2.24) is 14.3 Å². The van der Waals surface area contributed by atoms with Gasteiger partial charge in [-0.3, -0.25) is 0 Å². The van der Waals surface area contributed by atoms with Crippen LogP contribution in [0.1, 0.15) is 24.8 Å². The van der Waals surface area contributed by atoms with E-state index in [4.69, 9.17) is 26.3 Å². The lowest BCUT2D eigenvalue weighted by atomic mass is 9.88. The van der Waals surface area contributed by atoms with Crippen molar-refractivity contribution >= 4 is 31.6 Å². The molecule has 0 amide bonds. The predicted octanol–water partition coefficient (Wildman–Crippen LogP) is 1.46. The van der Waals surface area contributed by atoms with E-state index in [1.807, 2.05) is 6.07 Å². The highest BCUT2D eigenvalue weighted by atomic mass is 35.5. The summed E-state index contributed by atoms with van der Waals surface area (Å²) in [5, 5.41) is 22.8. The van der Waals surface area contributed by atoms with Gasteiger partial charge in [0, 0.05) is 31.7 Å². The van der Waals surface area contributed by atoms with Crippen LogP contribution in [0.25, 0.3) is 0 Å². The van der Waals surface area contributed by atoms with Crippen molar-refractivity contribution in [2.24, 2.45) is 0 Å². The molecule has 2 aliphatic heterocycles. The van der Waals surface area contributed by atoms with Gasteiger partial charge in [0.05, 0.1) is 32.6 Å². The molecule has 2 fully saturated rings. The molecule has 0 saturated carbocycles. The number of rotatable bonds is 10. The van der Waals surface area contributed by atoms with Crippen molar-refractivity contribution < 1.29 is 31.4 Å². The molecule has 0 bridgehead atoms. The lowest BCUT2D eigenvalue weighted by Crippen LogP contribution is -2.47. The van der Waals surface area contributed by atoms with Crippen molar-refractivity contribution in [3.63, 3.8) is 0 Å². The molecule has 39 heavy (non-hydrogen) atoms. The average Bonchev–Trinajstić information content (AvgIpc) is 3.33. The molecule has 2 atom stereocenters. The molecule has 0 radical (unpaired) electrons. The van der Waals surface area contributed by atoms with Gasteiger partial charge in [-0.05, 0) is 56.6 Å². The van der Waals surface area contributed by atoms with Gasteiger partial charge in [0.15, 0.2) is 0 Å². The van der Waals surface area contributed by atoms with Crippen molar-refractivity contribution in [3.05, 3.63) is 53.1 Å². The SMILES string of the molecule is CNS(=O)(=O)c1cccc(OCC(O)CNC2COC3(CCN(S(=O)(=O)c4ccc(C#N)c(Cl)c4)CC3)C2)c1. The van der Waals surface area contributed by atoms with E-state index in [2.05, 4.69) is 10.0 Å². The zero-order valence-corrected chi connectivity index (χ0v) is 23.7.